The average Bonchev–Trinajstić information content (AvgIpc) is 3.03. The zero-order chi connectivity index (χ0) is 21.3. The van der Waals surface area contributed by atoms with Crippen molar-refractivity contribution >= 4 is 34.8 Å². The molecule has 2 saturated heterocycles. The first-order valence-corrected chi connectivity index (χ1v) is 10.0. The van der Waals surface area contributed by atoms with Crippen molar-refractivity contribution in [3.63, 3.8) is 0 Å². The fourth-order valence-electron chi connectivity index (χ4n) is 4.21. The predicted octanol–water partition coefficient (Wildman–Crippen LogP) is 0.821. The summed E-state index contributed by atoms with van der Waals surface area (Å²) in [4.78, 5) is 41.0. The van der Waals surface area contributed by atoms with E-state index in [2.05, 4.69) is 5.32 Å². The fourth-order valence-corrected chi connectivity index (χ4v) is 4.21. The van der Waals surface area contributed by atoms with Crippen LogP contribution in [0.1, 0.15) is 13.3 Å². The number of hydrogen-bond donors (Lipinski definition) is 2. The second-order valence-electron chi connectivity index (χ2n) is 7.65. The number of quaternary nitrogens is 1. The normalized spacial score (nSPS) is 20.0. The van der Waals surface area contributed by atoms with Crippen LogP contribution in [0.2, 0.25) is 0 Å². The van der Waals surface area contributed by atoms with Gasteiger partial charge in [0.05, 0.1) is 44.0 Å². The van der Waals surface area contributed by atoms with Gasteiger partial charge in [-0.1, -0.05) is 12.1 Å². The summed E-state index contributed by atoms with van der Waals surface area (Å²) in [5.74, 6) is -0.862. The SMILES string of the molecule is CC(=O)Nc1ccc(N2C(=O)C[C@@H]([NH+]3CCN(c4ccccc4F)CC3)C2=O)cc1. The summed E-state index contributed by atoms with van der Waals surface area (Å²) < 4.78 is 14.0. The number of benzene rings is 2. The third kappa shape index (κ3) is 3.91. The molecule has 2 heterocycles. The number of amides is 3. The van der Waals surface area contributed by atoms with E-state index in [0.717, 1.165) is 4.90 Å². The van der Waals surface area contributed by atoms with Crippen molar-refractivity contribution in [2.45, 2.75) is 19.4 Å². The predicted molar refractivity (Wildman–Crippen MR) is 111 cm³/mol. The van der Waals surface area contributed by atoms with E-state index in [-0.39, 0.29) is 30.0 Å². The molecule has 0 spiro atoms. The molecular weight excluding hydrogens is 387 g/mol. The third-order valence-corrected chi connectivity index (χ3v) is 5.68. The molecule has 30 heavy (non-hydrogen) atoms. The molecule has 0 aliphatic carbocycles. The second-order valence-corrected chi connectivity index (χ2v) is 7.65. The lowest BCUT2D eigenvalue weighted by Gasteiger charge is -2.35. The highest BCUT2D eigenvalue weighted by Crippen LogP contribution is 2.24. The number of carbonyl (C=O) groups is 3. The van der Waals surface area contributed by atoms with E-state index >= 15 is 0 Å². The van der Waals surface area contributed by atoms with Gasteiger partial charge in [-0.3, -0.25) is 14.4 Å². The molecule has 2 N–H and O–H groups in total. The first-order chi connectivity index (χ1) is 14.4. The largest absolute Gasteiger partial charge is 0.358 e. The van der Waals surface area contributed by atoms with Crippen LogP contribution in [0, 0.1) is 5.82 Å². The molecule has 0 bridgehead atoms. The lowest BCUT2D eigenvalue weighted by Crippen LogP contribution is -3.19. The van der Waals surface area contributed by atoms with Gasteiger partial charge in [-0.05, 0) is 36.4 Å². The van der Waals surface area contributed by atoms with Gasteiger partial charge in [0, 0.05) is 12.6 Å². The van der Waals surface area contributed by atoms with Gasteiger partial charge in [-0.25, -0.2) is 9.29 Å². The molecule has 3 amide bonds. The Kier molecular flexibility index (Phi) is 5.50. The van der Waals surface area contributed by atoms with Crippen molar-refractivity contribution in [1.29, 1.82) is 0 Å². The van der Waals surface area contributed by atoms with Crippen molar-refractivity contribution in [2.75, 3.05) is 41.3 Å². The van der Waals surface area contributed by atoms with Crippen LogP contribution >= 0.6 is 0 Å². The molecule has 156 valence electrons. The molecule has 0 unspecified atom stereocenters. The summed E-state index contributed by atoms with van der Waals surface area (Å²) >= 11 is 0. The third-order valence-electron chi connectivity index (χ3n) is 5.68. The highest BCUT2D eigenvalue weighted by Gasteiger charge is 2.46. The molecule has 2 aliphatic heterocycles. The number of hydrogen-bond acceptors (Lipinski definition) is 4. The number of imide groups is 1. The minimum absolute atomic E-state index is 0.168. The highest BCUT2D eigenvalue weighted by molar-refractivity contribution is 6.21. The number of para-hydroxylation sites is 1. The number of nitrogens with zero attached hydrogens (tertiary/aromatic N) is 2. The van der Waals surface area contributed by atoms with Crippen molar-refractivity contribution in [2.24, 2.45) is 0 Å². The standard InChI is InChI=1S/C22H23FN4O3/c1-15(28)24-16-6-8-17(9-7-16)27-21(29)14-20(22(27)30)26-12-10-25(11-13-26)19-5-3-2-4-18(19)23/h2-9,20H,10-14H2,1H3,(H,24,28)/p+1/t20-/m1/s1. The maximum absolute atomic E-state index is 14.0. The molecule has 7 nitrogen and oxygen atoms in total. The Morgan fingerprint density at radius 2 is 1.73 bits per heavy atom. The summed E-state index contributed by atoms with van der Waals surface area (Å²) in [6, 6.07) is 12.9. The minimum Gasteiger partial charge on any atom is -0.358 e. The van der Waals surface area contributed by atoms with E-state index < -0.39 is 6.04 Å². The van der Waals surface area contributed by atoms with Crippen LogP contribution in [0.25, 0.3) is 0 Å². The molecule has 4 rings (SSSR count). The molecule has 8 heteroatoms. The Labute approximate surface area is 174 Å². The van der Waals surface area contributed by atoms with Gasteiger partial charge in [0.2, 0.25) is 11.8 Å². The fraction of sp³-hybridized carbons (Fsp3) is 0.318. The zero-order valence-corrected chi connectivity index (χ0v) is 16.7. The molecule has 2 fully saturated rings. The Morgan fingerprint density at radius 3 is 2.37 bits per heavy atom. The lowest BCUT2D eigenvalue weighted by molar-refractivity contribution is -0.915. The van der Waals surface area contributed by atoms with E-state index in [1.807, 2.05) is 11.0 Å². The summed E-state index contributed by atoms with van der Waals surface area (Å²) in [6.45, 7) is 3.99. The maximum Gasteiger partial charge on any atom is 0.292 e. The quantitative estimate of drug-likeness (QED) is 0.731. The monoisotopic (exact) mass is 411 g/mol. The number of piperazine rings is 1. The van der Waals surface area contributed by atoms with Crippen molar-refractivity contribution in [3.8, 4) is 0 Å². The van der Waals surface area contributed by atoms with Crippen molar-refractivity contribution < 1.29 is 23.7 Å². The van der Waals surface area contributed by atoms with Gasteiger partial charge in [0.15, 0.2) is 6.04 Å². The van der Waals surface area contributed by atoms with E-state index in [1.54, 1.807) is 36.4 Å². The van der Waals surface area contributed by atoms with Crippen molar-refractivity contribution in [3.05, 3.63) is 54.3 Å². The summed E-state index contributed by atoms with van der Waals surface area (Å²) in [7, 11) is 0. The Hall–Kier alpha value is -3.26. The number of nitrogens with one attached hydrogen (secondary N) is 2. The topological polar surface area (TPSA) is 74.2 Å². The molecule has 1 atom stereocenters. The number of rotatable bonds is 4. The van der Waals surface area contributed by atoms with Crippen LogP contribution < -0.4 is 20.0 Å². The first kappa shape index (κ1) is 20.0. The molecular formula is C22H24FN4O3+. The van der Waals surface area contributed by atoms with Gasteiger partial charge < -0.3 is 15.1 Å². The summed E-state index contributed by atoms with van der Waals surface area (Å²) in [5.41, 5.74) is 1.69. The number of anilines is 3. The average molecular weight is 411 g/mol. The maximum atomic E-state index is 14.0. The van der Waals surface area contributed by atoms with Crippen LogP contribution in [0.3, 0.4) is 0 Å². The smallest absolute Gasteiger partial charge is 0.292 e. The highest BCUT2D eigenvalue weighted by atomic mass is 19.1. The molecule has 2 aromatic rings. The van der Waals surface area contributed by atoms with E-state index in [9.17, 15) is 18.8 Å². The second kappa shape index (κ2) is 8.23. The molecule has 0 saturated carbocycles. The Morgan fingerprint density at radius 1 is 1.07 bits per heavy atom. The van der Waals surface area contributed by atoms with Crippen LogP contribution in [0.5, 0.6) is 0 Å². The van der Waals surface area contributed by atoms with E-state index in [0.29, 0.717) is 43.2 Å². The lowest BCUT2D eigenvalue weighted by atomic mass is 10.1. The molecule has 0 aromatic heterocycles. The molecule has 0 radical (unpaired) electrons. The summed E-state index contributed by atoms with van der Waals surface area (Å²) in [6.07, 6.45) is 0.168. The first-order valence-electron chi connectivity index (χ1n) is 10.0. The van der Waals surface area contributed by atoms with Crippen LogP contribution in [-0.2, 0) is 14.4 Å². The van der Waals surface area contributed by atoms with Crippen LogP contribution in [0.4, 0.5) is 21.5 Å². The van der Waals surface area contributed by atoms with Crippen LogP contribution in [-0.4, -0.2) is 49.9 Å². The summed E-state index contributed by atoms with van der Waals surface area (Å²) in [5, 5.41) is 2.66. The van der Waals surface area contributed by atoms with Gasteiger partial charge in [-0.2, -0.15) is 0 Å². The van der Waals surface area contributed by atoms with E-state index in [4.69, 9.17) is 0 Å². The van der Waals surface area contributed by atoms with Gasteiger partial charge in [-0.15, -0.1) is 0 Å². The molecule has 2 aromatic carbocycles. The zero-order valence-electron chi connectivity index (χ0n) is 16.7. The minimum atomic E-state index is -0.421. The molecule has 2 aliphatic rings. The van der Waals surface area contributed by atoms with Crippen LogP contribution in [0.15, 0.2) is 48.5 Å². The van der Waals surface area contributed by atoms with Gasteiger partial charge >= 0.3 is 0 Å². The Balaban J connectivity index is 1.42. The number of carbonyl (C=O) groups excluding carboxylic acids is 3. The number of halogens is 1. The van der Waals surface area contributed by atoms with Gasteiger partial charge in [0.25, 0.3) is 5.91 Å². The van der Waals surface area contributed by atoms with Crippen molar-refractivity contribution in [1.82, 2.24) is 0 Å². The van der Waals surface area contributed by atoms with Gasteiger partial charge in [0.1, 0.15) is 5.82 Å². The van der Waals surface area contributed by atoms with E-state index in [1.165, 1.54) is 17.9 Å². The Bertz CT molecular complexity index is 971.